The predicted octanol–water partition coefficient (Wildman–Crippen LogP) is 4.00. The molecule has 0 spiro atoms. The van der Waals surface area contributed by atoms with E-state index >= 15 is 0 Å². The van der Waals surface area contributed by atoms with Crippen LogP contribution in [-0.2, 0) is 0 Å². The lowest BCUT2D eigenvalue weighted by Gasteiger charge is -2.13. The Morgan fingerprint density at radius 3 is 2.45 bits per heavy atom. The van der Waals surface area contributed by atoms with Gasteiger partial charge in [0.2, 0.25) is 0 Å². The fourth-order valence-electron chi connectivity index (χ4n) is 3.82. The van der Waals surface area contributed by atoms with Crippen LogP contribution >= 0.6 is 0 Å². The van der Waals surface area contributed by atoms with Crippen LogP contribution in [0.5, 0.6) is 17.2 Å². The highest BCUT2D eigenvalue weighted by molar-refractivity contribution is 6.04. The standard InChI is InChI=1S/C22H16N4O3/c1-28-18-10-13(17(27)11-19(18)29-2)21-24-22-20(16-7-5-9-26(16)21)14(12-23)15-6-3-4-8-25(15)22/h3-11,27H,1-2H3. The van der Waals surface area contributed by atoms with Crippen molar-refractivity contribution in [2.24, 2.45) is 0 Å². The van der Waals surface area contributed by atoms with E-state index in [2.05, 4.69) is 6.07 Å². The number of aromatic hydroxyl groups is 1. The third-order valence-electron chi connectivity index (χ3n) is 5.12. The average Bonchev–Trinajstić information content (AvgIpc) is 3.35. The number of aromatic nitrogens is 3. The molecule has 1 N–H and O–H groups in total. The zero-order valence-electron chi connectivity index (χ0n) is 15.7. The van der Waals surface area contributed by atoms with Gasteiger partial charge in [-0.05, 0) is 30.3 Å². The molecule has 0 bridgehead atoms. The van der Waals surface area contributed by atoms with Crippen molar-refractivity contribution in [1.29, 1.82) is 5.26 Å². The largest absolute Gasteiger partial charge is 0.507 e. The van der Waals surface area contributed by atoms with Gasteiger partial charge in [0.05, 0.1) is 41.8 Å². The van der Waals surface area contributed by atoms with Gasteiger partial charge in [0.15, 0.2) is 17.3 Å². The summed E-state index contributed by atoms with van der Waals surface area (Å²) in [6, 6.07) is 15.0. The minimum Gasteiger partial charge on any atom is -0.507 e. The van der Waals surface area contributed by atoms with Gasteiger partial charge in [0, 0.05) is 18.5 Å². The van der Waals surface area contributed by atoms with Crippen LogP contribution in [-0.4, -0.2) is 33.1 Å². The Balaban J connectivity index is 1.95. The maximum absolute atomic E-state index is 10.7. The van der Waals surface area contributed by atoms with Crippen LogP contribution in [0.1, 0.15) is 5.56 Å². The monoisotopic (exact) mass is 384 g/mol. The van der Waals surface area contributed by atoms with E-state index in [-0.39, 0.29) is 5.75 Å². The summed E-state index contributed by atoms with van der Waals surface area (Å²) in [4.78, 5) is 4.85. The molecule has 0 aliphatic rings. The van der Waals surface area contributed by atoms with Crippen molar-refractivity contribution in [3.63, 3.8) is 0 Å². The minimum absolute atomic E-state index is 0.0193. The summed E-state index contributed by atoms with van der Waals surface area (Å²) in [5.41, 5.74) is 3.33. The summed E-state index contributed by atoms with van der Waals surface area (Å²) in [6.07, 6.45) is 3.74. The first-order valence-electron chi connectivity index (χ1n) is 8.93. The number of rotatable bonds is 3. The van der Waals surface area contributed by atoms with Gasteiger partial charge >= 0.3 is 0 Å². The van der Waals surface area contributed by atoms with E-state index < -0.39 is 0 Å². The molecule has 0 aliphatic heterocycles. The lowest BCUT2D eigenvalue weighted by Crippen LogP contribution is -1.99. The Morgan fingerprint density at radius 2 is 1.69 bits per heavy atom. The third-order valence-corrected chi connectivity index (χ3v) is 5.12. The highest BCUT2D eigenvalue weighted by atomic mass is 16.5. The van der Waals surface area contributed by atoms with Crippen LogP contribution in [0, 0.1) is 11.3 Å². The van der Waals surface area contributed by atoms with Crippen LogP contribution < -0.4 is 9.47 Å². The van der Waals surface area contributed by atoms with Crippen molar-refractivity contribution in [3.05, 3.63) is 60.4 Å². The van der Waals surface area contributed by atoms with E-state index in [9.17, 15) is 10.4 Å². The van der Waals surface area contributed by atoms with Gasteiger partial charge in [-0.15, -0.1) is 0 Å². The molecule has 5 rings (SSSR count). The lowest BCUT2D eigenvalue weighted by molar-refractivity contribution is 0.351. The summed E-state index contributed by atoms with van der Waals surface area (Å²) in [6.45, 7) is 0. The molecule has 0 saturated carbocycles. The van der Waals surface area contributed by atoms with Gasteiger partial charge in [-0.1, -0.05) is 6.07 Å². The number of hydrogen-bond acceptors (Lipinski definition) is 5. The van der Waals surface area contributed by atoms with Crippen molar-refractivity contribution in [2.75, 3.05) is 14.2 Å². The first kappa shape index (κ1) is 17.0. The molecule has 7 heteroatoms. The van der Waals surface area contributed by atoms with Crippen LogP contribution in [0.15, 0.2) is 54.9 Å². The minimum atomic E-state index is 0.0193. The maximum atomic E-state index is 10.7. The van der Waals surface area contributed by atoms with Gasteiger partial charge < -0.3 is 19.0 Å². The number of nitriles is 1. The molecule has 0 atom stereocenters. The number of ether oxygens (including phenoxy) is 2. The molecular formula is C22H16N4O3. The number of nitrogens with zero attached hydrogens (tertiary/aromatic N) is 4. The Hall–Kier alpha value is -4.18. The molecule has 4 aromatic heterocycles. The van der Waals surface area contributed by atoms with E-state index in [1.807, 2.05) is 51.5 Å². The molecule has 142 valence electrons. The number of phenols is 1. The van der Waals surface area contributed by atoms with E-state index in [1.54, 1.807) is 13.2 Å². The Kier molecular flexibility index (Phi) is 3.61. The number of fused-ring (bicyclic) bond motifs is 5. The summed E-state index contributed by atoms with van der Waals surface area (Å²) in [7, 11) is 3.06. The fraction of sp³-hybridized carbons (Fsp3) is 0.0909. The number of phenolic OH excluding ortho intramolecular Hbond substituents is 1. The average molecular weight is 384 g/mol. The van der Waals surface area contributed by atoms with Gasteiger partial charge in [-0.25, -0.2) is 4.98 Å². The Morgan fingerprint density at radius 1 is 0.966 bits per heavy atom. The van der Waals surface area contributed by atoms with Crippen molar-refractivity contribution in [2.45, 2.75) is 0 Å². The molecule has 29 heavy (non-hydrogen) atoms. The molecule has 0 fully saturated rings. The van der Waals surface area contributed by atoms with Crippen molar-refractivity contribution >= 4 is 22.1 Å². The topological polar surface area (TPSA) is 84.2 Å². The molecule has 7 nitrogen and oxygen atoms in total. The highest BCUT2D eigenvalue weighted by Crippen LogP contribution is 2.40. The molecule has 5 aromatic rings. The van der Waals surface area contributed by atoms with E-state index in [1.165, 1.54) is 13.2 Å². The summed E-state index contributed by atoms with van der Waals surface area (Å²) >= 11 is 0. The highest BCUT2D eigenvalue weighted by Gasteiger charge is 2.21. The number of pyridine rings is 1. The molecule has 4 heterocycles. The molecule has 0 aliphatic carbocycles. The second-order valence-electron chi connectivity index (χ2n) is 6.56. The van der Waals surface area contributed by atoms with Crippen LogP contribution in [0.25, 0.3) is 33.5 Å². The first-order chi connectivity index (χ1) is 14.2. The third kappa shape index (κ3) is 2.26. The lowest BCUT2D eigenvalue weighted by atomic mass is 10.1. The van der Waals surface area contributed by atoms with Crippen LogP contribution in [0.3, 0.4) is 0 Å². The fourth-order valence-corrected chi connectivity index (χ4v) is 3.82. The second-order valence-corrected chi connectivity index (χ2v) is 6.56. The maximum Gasteiger partial charge on any atom is 0.164 e. The van der Waals surface area contributed by atoms with Crippen LogP contribution in [0.4, 0.5) is 0 Å². The Bertz CT molecular complexity index is 1460. The van der Waals surface area contributed by atoms with Crippen molar-refractivity contribution < 1.29 is 14.6 Å². The first-order valence-corrected chi connectivity index (χ1v) is 8.93. The van der Waals surface area contributed by atoms with Crippen molar-refractivity contribution in [3.8, 4) is 34.7 Å². The van der Waals surface area contributed by atoms with Crippen molar-refractivity contribution in [1.82, 2.24) is 13.8 Å². The smallest absolute Gasteiger partial charge is 0.164 e. The number of hydrogen-bond donors (Lipinski definition) is 1. The Labute approximate surface area is 165 Å². The van der Waals surface area contributed by atoms with E-state index in [0.717, 1.165) is 16.4 Å². The summed E-state index contributed by atoms with van der Waals surface area (Å²) in [5, 5.41) is 21.3. The summed E-state index contributed by atoms with van der Waals surface area (Å²) in [5.74, 6) is 1.47. The molecule has 0 amide bonds. The summed E-state index contributed by atoms with van der Waals surface area (Å²) < 4.78 is 14.4. The zero-order valence-corrected chi connectivity index (χ0v) is 15.7. The van der Waals surface area contributed by atoms with Crippen LogP contribution in [0.2, 0.25) is 0 Å². The molecule has 0 saturated heterocycles. The van der Waals surface area contributed by atoms with E-state index in [0.29, 0.717) is 34.1 Å². The number of benzene rings is 1. The van der Waals surface area contributed by atoms with Gasteiger partial charge in [-0.2, -0.15) is 5.26 Å². The van der Waals surface area contributed by atoms with Gasteiger partial charge in [0.25, 0.3) is 0 Å². The van der Waals surface area contributed by atoms with E-state index in [4.69, 9.17) is 14.5 Å². The van der Waals surface area contributed by atoms with Gasteiger partial charge in [-0.3, -0.25) is 4.40 Å². The predicted molar refractivity (Wildman–Crippen MR) is 109 cm³/mol. The SMILES string of the molecule is COc1cc(O)c(-c2nc3c(c(C#N)c4ccccn43)c3cccn23)cc1OC. The quantitative estimate of drug-likeness (QED) is 0.508. The second kappa shape index (κ2) is 6.17. The zero-order chi connectivity index (χ0) is 20.1. The normalized spacial score (nSPS) is 11.2. The molecule has 0 unspecified atom stereocenters. The molecule has 1 aromatic carbocycles. The van der Waals surface area contributed by atoms with Gasteiger partial charge in [0.1, 0.15) is 17.5 Å². The number of methoxy groups -OCH3 is 2. The molecule has 0 radical (unpaired) electrons. The molecular weight excluding hydrogens is 368 g/mol.